The summed E-state index contributed by atoms with van der Waals surface area (Å²) in [4.78, 5) is 0. The van der Waals surface area contributed by atoms with Crippen LogP contribution in [-0.2, 0) is 0 Å². The lowest BCUT2D eigenvalue weighted by Gasteiger charge is -2.12. The normalized spacial score (nSPS) is 11.8. The zero-order valence-electron chi connectivity index (χ0n) is 18.3. The van der Waals surface area contributed by atoms with E-state index in [1.807, 2.05) is 30.3 Å². The zero-order chi connectivity index (χ0) is 22.8. The third-order valence-corrected chi connectivity index (χ3v) is 6.97. The van der Waals surface area contributed by atoms with Crippen LogP contribution in [0, 0.1) is 0 Å². The Morgan fingerprint density at radius 3 is 1.59 bits per heavy atom. The summed E-state index contributed by atoms with van der Waals surface area (Å²) in [7, 11) is -1.51. The topological polar surface area (TPSA) is 45.4 Å². The molecule has 34 heavy (non-hydrogen) atoms. The third kappa shape index (κ3) is 2.67. The number of para-hydroxylation sites is 1. The van der Waals surface area contributed by atoms with E-state index in [1.54, 1.807) is 6.07 Å². The van der Waals surface area contributed by atoms with Crippen LogP contribution in [0.4, 0.5) is 0 Å². The van der Waals surface area contributed by atoms with Gasteiger partial charge in [-0.1, -0.05) is 78.9 Å². The lowest BCUT2D eigenvalue weighted by atomic mass is 9.80. The Morgan fingerprint density at radius 2 is 0.971 bits per heavy atom. The predicted octanol–water partition coefficient (Wildman–Crippen LogP) is 5.92. The van der Waals surface area contributed by atoms with Crippen LogP contribution in [0.3, 0.4) is 0 Å². The van der Waals surface area contributed by atoms with E-state index in [2.05, 4.69) is 77.4 Å². The van der Waals surface area contributed by atoms with Crippen molar-refractivity contribution in [1.29, 1.82) is 0 Å². The van der Waals surface area contributed by atoms with E-state index < -0.39 is 7.12 Å². The van der Waals surface area contributed by atoms with Crippen molar-refractivity contribution in [3.05, 3.63) is 109 Å². The Labute approximate surface area is 196 Å². The molecule has 0 fully saturated rings. The highest BCUT2D eigenvalue weighted by Crippen LogP contribution is 2.40. The molecule has 0 saturated heterocycles. The molecule has 0 amide bonds. The third-order valence-electron chi connectivity index (χ3n) is 6.97. The molecule has 0 spiro atoms. The standard InChI is InChI=1S/C30H20BNO2/c33-31(34)19-14-15-29-27(16-19)28-17-25-23-12-6-4-10-21(23)22-11-5-7-13-24(22)26(25)18-30(28)32(29)20-8-2-1-3-9-20/h1-18,33-34H. The minimum atomic E-state index is -1.51. The summed E-state index contributed by atoms with van der Waals surface area (Å²) in [6, 6.07) is 37.7. The summed E-state index contributed by atoms with van der Waals surface area (Å²) < 4.78 is 2.27. The van der Waals surface area contributed by atoms with Crippen LogP contribution in [0.2, 0.25) is 0 Å². The molecule has 1 aromatic heterocycles. The monoisotopic (exact) mass is 437 g/mol. The number of benzene rings is 6. The smallest absolute Gasteiger partial charge is 0.423 e. The Bertz CT molecular complexity index is 1890. The summed E-state index contributed by atoms with van der Waals surface area (Å²) in [6.45, 7) is 0. The number of hydrogen-bond donors (Lipinski definition) is 2. The zero-order valence-corrected chi connectivity index (χ0v) is 18.3. The number of aromatic nitrogens is 1. The van der Waals surface area contributed by atoms with Crippen molar-refractivity contribution in [3.8, 4) is 5.69 Å². The van der Waals surface area contributed by atoms with Gasteiger partial charge < -0.3 is 14.6 Å². The Kier molecular flexibility index (Phi) is 4.10. The second kappa shape index (κ2) is 7.19. The Balaban J connectivity index is 1.75. The van der Waals surface area contributed by atoms with Crippen molar-refractivity contribution < 1.29 is 10.0 Å². The van der Waals surface area contributed by atoms with Crippen LogP contribution in [-0.4, -0.2) is 21.7 Å². The molecule has 0 aliphatic rings. The van der Waals surface area contributed by atoms with Gasteiger partial charge in [-0.05, 0) is 68.1 Å². The van der Waals surface area contributed by atoms with E-state index in [0.717, 1.165) is 27.5 Å². The van der Waals surface area contributed by atoms with E-state index in [0.29, 0.717) is 5.46 Å². The van der Waals surface area contributed by atoms with E-state index in [9.17, 15) is 10.0 Å². The van der Waals surface area contributed by atoms with Gasteiger partial charge >= 0.3 is 7.12 Å². The quantitative estimate of drug-likeness (QED) is 0.260. The predicted molar refractivity (Wildman–Crippen MR) is 143 cm³/mol. The van der Waals surface area contributed by atoms with Crippen LogP contribution in [0.15, 0.2) is 109 Å². The first-order chi connectivity index (χ1) is 16.7. The molecule has 7 rings (SSSR count). The van der Waals surface area contributed by atoms with Gasteiger partial charge in [0, 0.05) is 16.5 Å². The molecule has 160 valence electrons. The van der Waals surface area contributed by atoms with Gasteiger partial charge in [-0.2, -0.15) is 0 Å². The van der Waals surface area contributed by atoms with Gasteiger partial charge in [0.25, 0.3) is 0 Å². The van der Waals surface area contributed by atoms with Gasteiger partial charge in [0.15, 0.2) is 0 Å². The van der Waals surface area contributed by atoms with Crippen molar-refractivity contribution in [2.24, 2.45) is 0 Å². The van der Waals surface area contributed by atoms with Crippen LogP contribution >= 0.6 is 0 Å². The fourth-order valence-electron chi connectivity index (χ4n) is 5.45. The average molecular weight is 437 g/mol. The molecular formula is C30H20BNO2. The summed E-state index contributed by atoms with van der Waals surface area (Å²) in [5.41, 5.74) is 3.69. The number of rotatable bonds is 2. The minimum absolute atomic E-state index is 0.489. The van der Waals surface area contributed by atoms with Crippen LogP contribution in [0.25, 0.3) is 59.8 Å². The largest absolute Gasteiger partial charge is 0.488 e. The molecule has 0 atom stereocenters. The molecule has 0 saturated carbocycles. The second-order valence-electron chi connectivity index (χ2n) is 8.83. The highest BCUT2D eigenvalue weighted by Gasteiger charge is 2.19. The minimum Gasteiger partial charge on any atom is -0.423 e. The molecule has 2 N–H and O–H groups in total. The Morgan fingerprint density at radius 1 is 0.441 bits per heavy atom. The van der Waals surface area contributed by atoms with Gasteiger partial charge in [-0.3, -0.25) is 0 Å². The highest BCUT2D eigenvalue weighted by atomic mass is 16.4. The molecule has 1 heterocycles. The van der Waals surface area contributed by atoms with Crippen molar-refractivity contribution in [2.75, 3.05) is 0 Å². The summed E-state index contributed by atoms with van der Waals surface area (Å²) in [5.74, 6) is 0. The van der Waals surface area contributed by atoms with Crippen molar-refractivity contribution >= 4 is 66.7 Å². The maximum atomic E-state index is 9.86. The molecule has 0 aliphatic heterocycles. The second-order valence-corrected chi connectivity index (χ2v) is 8.83. The van der Waals surface area contributed by atoms with Gasteiger partial charge in [0.1, 0.15) is 0 Å². The molecule has 7 aromatic rings. The highest BCUT2D eigenvalue weighted by molar-refractivity contribution is 6.59. The molecule has 0 aliphatic carbocycles. The molecule has 0 radical (unpaired) electrons. The summed E-state index contributed by atoms with van der Waals surface area (Å²) >= 11 is 0. The fraction of sp³-hybridized carbons (Fsp3) is 0. The van der Waals surface area contributed by atoms with Crippen molar-refractivity contribution in [2.45, 2.75) is 0 Å². The van der Waals surface area contributed by atoms with Crippen LogP contribution in [0.5, 0.6) is 0 Å². The molecular weight excluding hydrogens is 417 g/mol. The summed E-state index contributed by atoms with van der Waals surface area (Å²) in [6.07, 6.45) is 0. The van der Waals surface area contributed by atoms with E-state index in [4.69, 9.17) is 0 Å². The molecule has 0 bridgehead atoms. The van der Waals surface area contributed by atoms with Gasteiger partial charge in [0.2, 0.25) is 0 Å². The number of nitrogens with zero attached hydrogens (tertiary/aromatic N) is 1. The van der Waals surface area contributed by atoms with Crippen molar-refractivity contribution in [3.63, 3.8) is 0 Å². The molecule has 0 unspecified atom stereocenters. The van der Waals surface area contributed by atoms with Gasteiger partial charge in [-0.25, -0.2) is 0 Å². The lowest BCUT2D eigenvalue weighted by Crippen LogP contribution is -2.29. The molecule has 3 nitrogen and oxygen atoms in total. The first-order valence-corrected chi connectivity index (χ1v) is 11.4. The molecule has 4 heteroatoms. The number of hydrogen-bond acceptors (Lipinski definition) is 2. The maximum absolute atomic E-state index is 9.86. The first kappa shape index (κ1) is 19.4. The SMILES string of the molecule is OB(O)c1ccc2c(c1)c1cc3c4ccccc4c4ccccc4c3cc1n2-c1ccccc1. The van der Waals surface area contributed by atoms with Gasteiger partial charge in [0.05, 0.1) is 11.0 Å². The van der Waals surface area contributed by atoms with Crippen LogP contribution < -0.4 is 5.46 Å². The number of fused-ring (bicyclic) bond motifs is 9. The fourth-order valence-corrected chi connectivity index (χ4v) is 5.45. The lowest BCUT2D eigenvalue weighted by molar-refractivity contribution is 0.426. The average Bonchev–Trinajstić information content (AvgIpc) is 3.21. The van der Waals surface area contributed by atoms with Crippen molar-refractivity contribution in [1.82, 2.24) is 4.57 Å². The van der Waals surface area contributed by atoms with E-state index >= 15 is 0 Å². The first-order valence-electron chi connectivity index (χ1n) is 11.4. The maximum Gasteiger partial charge on any atom is 0.488 e. The van der Waals surface area contributed by atoms with E-state index in [1.165, 1.54) is 32.3 Å². The Hall–Kier alpha value is -4.12. The van der Waals surface area contributed by atoms with E-state index in [-0.39, 0.29) is 0 Å². The molecule has 6 aromatic carbocycles. The van der Waals surface area contributed by atoms with Crippen LogP contribution in [0.1, 0.15) is 0 Å². The summed E-state index contributed by atoms with van der Waals surface area (Å²) in [5, 5.41) is 29.2. The van der Waals surface area contributed by atoms with Gasteiger partial charge in [-0.15, -0.1) is 0 Å².